The van der Waals surface area contributed by atoms with Gasteiger partial charge in [0.25, 0.3) is 0 Å². The molecule has 21 heavy (non-hydrogen) atoms. The van der Waals surface area contributed by atoms with E-state index < -0.39 is 0 Å². The van der Waals surface area contributed by atoms with E-state index in [9.17, 15) is 4.39 Å². The molecule has 0 bridgehead atoms. The van der Waals surface area contributed by atoms with Gasteiger partial charge in [0.05, 0.1) is 0 Å². The molecule has 1 N–H and O–H groups in total. The minimum atomic E-state index is -0.127. The molecule has 2 nitrogen and oxygen atoms in total. The van der Waals surface area contributed by atoms with Crippen molar-refractivity contribution in [1.29, 1.82) is 0 Å². The number of hydrogen-bond donors (Lipinski definition) is 1. The number of likely N-dealkylation sites (N-methyl/N-ethyl adjacent to an activating group) is 1. The standard InChI is InChI=1S/C17H23FN2S/c1-19-17(15-7-3-4-8-16(15)18)10-12-20(2)11-9-14-6-5-13-21-14/h3-8,13,17,19H,9-12H2,1-2H3. The summed E-state index contributed by atoms with van der Waals surface area (Å²) >= 11 is 1.80. The molecule has 4 heteroatoms. The molecule has 1 heterocycles. The number of nitrogens with one attached hydrogen (secondary N) is 1. The summed E-state index contributed by atoms with van der Waals surface area (Å²) < 4.78 is 13.8. The molecule has 0 radical (unpaired) electrons. The average Bonchev–Trinajstić information content (AvgIpc) is 3.01. The predicted molar refractivity (Wildman–Crippen MR) is 88.3 cm³/mol. The first-order chi connectivity index (χ1) is 10.2. The summed E-state index contributed by atoms with van der Waals surface area (Å²) in [4.78, 5) is 3.73. The van der Waals surface area contributed by atoms with Crippen molar-refractivity contribution in [3.8, 4) is 0 Å². The fourth-order valence-electron chi connectivity index (χ4n) is 2.43. The van der Waals surface area contributed by atoms with E-state index >= 15 is 0 Å². The highest BCUT2D eigenvalue weighted by atomic mass is 32.1. The Balaban J connectivity index is 1.81. The summed E-state index contributed by atoms with van der Waals surface area (Å²) in [5.74, 6) is -0.127. The van der Waals surface area contributed by atoms with E-state index in [1.807, 2.05) is 19.2 Å². The fraction of sp³-hybridized carbons (Fsp3) is 0.412. The average molecular weight is 306 g/mol. The third kappa shape index (κ3) is 4.92. The Kier molecular flexibility index (Phi) is 6.36. The van der Waals surface area contributed by atoms with E-state index in [1.165, 1.54) is 10.9 Å². The third-order valence-electron chi connectivity index (χ3n) is 3.75. The van der Waals surface area contributed by atoms with Gasteiger partial charge in [-0.3, -0.25) is 0 Å². The maximum absolute atomic E-state index is 13.8. The lowest BCUT2D eigenvalue weighted by atomic mass is 10.0. The normalized spacial score (nSPS) is 12.8. The summed E-state index contributed by atoms with van der Waals surface area (Å²) in [6.45, 7) is 1.99. The van der Waals surface area contributed by atoms with E-state index in [4.69, 9.17) is 0 Å². The third-order valence-corrected chi connectivity index (χ3v) is 4.68. The minimum Gasteiger partial charge on any atom is -0.313 e. The van der Waals surface area contributed by atoms with Gasteiger partial charge in [0.2, 0.25) is 0 Å². The van der Waals surface area contributed by atoms with Crippen LogP contribution in [0.15, 0.2) is 41.8 Å². The van der Waals surface area contributed by atoms with Crippen molar-refractivity contribution in [3.05, 3.63) is 58.0 Å². The number of benzene rings is 1. The van der Waals surface area contributed by atoms with Crippen LogP contribution in [-0.4, -0.2) is 32.1 Å². The van der Waals surface area contributed by atoms with Crippen molar-refractivity contribution in [3.63, 3.8) is 0 Å². The van der Waals surface area contributed by atoms with E-state index in [0.29, 0.717) is 0 Å². The Morgan fingerprint density at radius 1 is 1.19 bits per heavy atom. The zero-order valence-corrected chi connectivity index (χ0v) is 13.5. The van der Waals surface area contributed by atoms with E-state index in [0.717, 1.165) is 31.5 Å². The van der Waals surface area contributed by atoms with Crippen molar-refractivity contribution in [2.75, 3.05) is 27.2 Å². The lowest BCUT2D eigenvalue weighted by molar-refractivity contribution is 0.313. The smallest absolute Gasteiger partial charge is 0.127 e. The summed E-state index contributed by atoms with van der Waals surface area (Å²) in [7, 11) is 4.02. The van der Waals surface area contributed by atoms with Crippen molar-refractivity contribution >= 4 is 11.3 Å². The molecule has 1 atom stereocenters. The fourth-order valence-corrected chi connectivity index (χ4v) is 3.13. The SMILES string of the molecule is CNC(CCN(C)CCc1cccs1)c1ccccc1F. The number of hydrogen-bond acceptors (Lipinski definition) is 3. The molecule has 0 aliphatic carbocycles. The van der Waals surface area contributed by atoms with Gasteiger partial charge < -0.3 is 10.2 Å². The summed E-state index contributed by atoms with van der Waals surface area (Å²) in [6, 6.07) is 11.4. The van der Waals surface area contributed by atoms with Crippen molar-refractivity contribution in [2.24, 2.45) is 0 Å². The van der Waals surface area contributed by atoms with Gasteiger partial charge >= 0.3 is 0 Å². The van der Waals surface area contributed by atoms with Gasteiger partial charge in [0, 0.05) is 23.0 Å². The van der Waals surface area contributed by atoms with Crippen LogP contribution >= 0.6 is 11.3 Å². The summed E-state index contributed by atoms with van der Waals surface area (Å²) in [6.07, 6.45) is 1.98. The van der Waals surface area contributed by atoms with Gasteiger partial charge in [-0.2, -0.15) is 0 Å². The van der Waals surface area contributed by atoms with Crippen molar-refractivity contribution in [1.82, 2.24) is 10.2 Å². The van der Waals surface area contributed by atoms with Gasteiger partial charge in [-0.1, -0.05) is 24.3 Å². The van der Waals surface area contributed by atoms with E-state index in [2.05, 4.69) is 34.8 Å². The molecule has 2 rings (SSSR count). The molecule has 0 saturated carbocycles. The van der Waals surface area contributed by atoms with Crippen LogP contribution in [-0.2, 0) is 6.42 Å². The molecule has 1 unspecified atom stereocenters. The van der Waals surface area contributed by atoms with Crippen LogP contribution in [0.5, 0.6) is 0 Å². The zero-order valence-electron chi connectivity index (χ0n) is 12.7. The Bertz CT molecular complexity index is 527. The molecule has 0 spiro atoms. The molecule has 0 amide bonds. The van der Waals surface area contributed by atoms with Crippen LogP contribution in [0, 0.1) is 5.82 Å². The van der Waals surface area contributed by atoms with Crippen LogP contribution in [0.3, 0.4) is 0 Å². The van der Waals surface area contributed by atoms with Crippen LogP contribution in [0.25, 0.3) is 0 Å². The van der Waals surface area contributed by atoms with E-state index in [1.54, 1.807) is 17.4 Å². The van der Waals surface area contributed by atoms with Crippen molar-refractivity contribution < 1.29 is 4.39 Å². The number of nitrogens with zero attached hydrogens (tertiary/aromatic N) is 1. The zero-order chi connectivity index (χ0) is 15.1. The van der Waals surface area contributed by atoms with Crippen LogP contribution in [0.4, 0.5) is 4.39 Å². The summed E-state index contributed by atoms with van der Waals surface area (Å²) in [5.41, 5.74) is 0.756. The Morgan fingerprint density at radius 3 is 2.67 bits per heavy atom. The van der Waals surface area contributed by atoms with Crippen LogP contribution in [0.2, 0.25) is 0 Å². The lowest BCUT2D eigenvalue weighted by Gasteiger charge is -2.22. The first-order valence-electron chi connectivity index (χ1n) is 7.33. The molecule has 0 aliphatic rings. The minimum absolute atomic E-state index is 0.0652. The van der Waals surface area contributed by atoms with Gasteiger partial charge in [-0.05, 0) is 51.0 Å². The molecule has 1 aromatic heterocycles. The molecule has 0 fully saturated rings. The topological polar surface area (TPSA) is 15.3 Å². The first kappa shape index (κ1) is 16.1. The second-order valence-electron chi connectivity index (χ2n) is 5.28. The first-order valence-corrected chi connectivity index (χ1v) is 8.21. The highest BCUT2D eigenvalue weighted by Gasteiger charge is 2.14. The van der Waals surface area contributed by atoms with Gasteiger partial charge in [-0.25, -0.2) is 4.39 Å². The second kappa shape index (κ2) is 8.27. The molecule has 2 aromatic rings. The molecular weight excluding hydrogens is 283 g/mol. The predicted octanol–water partition coefficient (Wildman–Crippen LogP) is 3.71. The number of thiophene rings is 1. The Hall–Kier alpha value is -1.23. The van der Waals surface area contributed by atoms with Crippen LogP contribution in [0.1, 0.15) is 22.9 Å². The maximum atomic E-state index is 13.8. The molecule has 1 aromatic carbocycles. The van der Waals surface area contributed by atoms with Gasteiger partial charge in [-0.15, -0.1) is 11.3 Å². The molecular formula is C17H23FN2S. The Labute approximate surface area is 130 Å². The highest BCUT2D eigenvalue weighted by Crippen LogP contribution is 2.20. The summed E-state index contributed by atoms with van der Waals surface area (Å²) in [5, 5.41) is 5.34. The molecule has 0 saturated heterocycles. The second-order valence-corrected chi connectivity index (χ2v) is 6.32. The maximum Gasteiger partial charge on any atom is 0.127 e. The monoisotopic (exact) mass is 306 g/mol. The van der Waals surface area contributed by atoms with Gasteiger partial charge in [0.1, 0.15) is 5.82 Å². The van der Waals surface area contributed by atoms with Gasteiger partial charge in [0.15, 0.2) is 0 Å². The highest BCUT2D eigenvalue weighted by molar-refractivity contribution is 7.09. The van der Waals surface area contributed by atoms with E-state index in [-0.39, 0.29) is 11.9 Å². The number of halogens is 1. The largest absolute Gasteiger partial charge is 0.313 e. The quantitative estimate of drug-likeness (QED) is 0.800. The number of rotatable bonds is 8. The molecule has 114 valence electrons. The van der Waals surface area contributed by atoms with Crippen LogP contribution < -0.4 is 5.32 Å². The Morgan fingerprint density at radius 2 is 2.00 bits per heavy atom. The lowest BCUT2D eigenvalue weighted by Crippen LogP contribution is -2.27. The van der Waals surface area contributed by atoms with Crippen molar-refractivity contribution in [2.45, 2.75) is 18.9 Å². The molecule has 0 aliphatic heterocycles.